The van der Waals surface area contributed by atoms with Crippen LogP contribution < -0.4 is 0 Å². The predicted molar refractivity (Wildman–Crippen MR) is 41.5 cm³/mol. The van der Waals surface area contributed by atoms with Crippen molar-refractivity contribution in [1.82, 2.24) is 0 Å². The molecule has 0 aromatic carbocycles. The minimum atomic E-state index is -1.40. The fourth-order valence-electron chi connectivity index (χ4n) is 0.359. The Morgan fingerprint density at radius 3 is 2.09 bits per heavy atom. The normalized spacial score (nSPS) is 8.82. The Bertz CT molecular complexity index is 181. The maximum atomic E-state index is 10.2. The third kappa shape index (κ3) is 3.67. The van der Waals surface area contributed by atoms with E-state index in [-0.39, 0.29) is 0 Å². The van der Waals surface area contributed by atoms with Crippen molar-refractivity contribution >= 4 is 23.7 Å². The molecule has 0 saturated heterocycles. The summed E-state index contributed by atoms with van der Waals surface area (Å²) in [7, 11) is 0. The molecule has 0 aliphatic rings. The van der Waals surface area contributed by atoms with Crippen molar-refractivity contribution in [3.05, 3.63) is 11.0 Å². The third-order valence-corrected chi connectivity index (χ3v) is 1.56. The first-order valence-corrected chi connectivity index (χ1v) is 3.92. The lowest BCUT2D eigenvalue weighted by molar-refractivity contribution is -0.140. The van der Waals surface area contributed by atoms with Crippen LogP contribution in [0, 0.1) is 0 Å². The molecule has 0 spiro atoms. The molecule has 2 N–H and O–H groups in total. The zero-order chi connectivity index (χ0) is 8.85. The van der Waals surface area contributed by atoms with Crippen LogP contribution in [-0.2, 0) is 9.59 Å². The summed E-state index contributed by atoms with van der Waals surface area (Å²) in [5, 5.41) is 17.7. The molecule has 0 bridgehead atoms. The van der Waals surface area contributed by atoms with E-state index in [0.717, 1.165) is 17.2 Å². The largest absolute Gasteiger partial charge is 0.477 e. The van der Waals surface area contributed by atoms with Gasteiger partial charge in [0.2, 0.25) is 0 Å². The molecule has 0 heterocycles. The van der Waals surface area contributed by atoms with Crippen LogP contribution in [0.25, 0.3) is 0 Å². The molecular weight excluding hydrogens is 168 g/mol. The highest BCUT2D eigenvalue weighted by Crippen LogP contribution is 2.06. The molecule has 0 saturated carbocycles. The van der Waals surface area contributed by atoms with Gasteiger partial charge in [0.05, 0.1) is 0 Å². The average molecular weight is 176 g/mol. The summed E-state index contributed by atoms with van der Waals surface area (Å²) in [6, 6.07) is 0. The smallest absolute Gasteiger partial charge is 0.343 e. The molecule has 0 aromatic heterocycles. The van der Waals surface area contributed by atoms with Gasteiger partial charge in [-0.2, -0.15) is 0 Å². The highest BCUT2D eigenvalue weighted by atomic mass is 32.2. The number of thioether (sulfide) groups is 1. The Morgan fingerprint density at radius 2 is 1.82 bits per heavy atom. The fourth-order valence-corrected chi connectivity index (χ4v) is 0.894. The molecule has 62 valence electrons. The third-order valence-electron chi connectivity index (χ3n) is 0.829. The quantitative estimate of drug-likeness (QED) is 0.376. The highest BCUT2D eigenvalue weighted by Gasteiger charge is 2.14. The number of rotatable bonds is 4. The van der Waals surface area contributed by atoms with E-state index in [1.807, 2.05) is 6.92 Å². The van der Waals surface area contributed by atoms with Crippen molar-refractivity contribution in [2.24, 2.45) is 0 Å². The van der Waals surface area contributed by atoms with Crippen molar-refractivity contribution < 1.29 is 19.8 Å². The van der Waals surface area contributed by atoms with E-state index < -0.39 is 17.5 Å². The van der Waals surface area contributed by atoms with Crippen molar-refractivity contribution in [2.45, 2.75) is 6.92 Å². The summed E-state index contributed by atoms with van der Waals surface area (Å²) in [4.78, 5) is 20.4. The molecule has 4 nitrogen and oxygen atoms in total. The molecule has 0 aliphatic heterocycles. The topological polar surface area (TPSA) is 74.6 Å². The summed E-state index contributed by atoms with van der Waals surface area (Å²) < 4.78 is 0. The SMILES string of the molecule is CCSC=C(C(=O)O)C(=O)O. The number of carboxylic acid groups (broad SMARTS) is 2. The van der Waals surface area contributed by atoms with Gasteiger partial charge in [-0.3, -0.25) is 0 Å². The molecule has 0 aliphatic carbocycles. The van der Waals surface area contributed by atoms with Crippen LogP contribution in [0.5, 0.6) is 0 Å². The van der Waals surface area contributed by atoms with Crippen LogP contribution >= 0.6 is 11.8 Å². The zero-order valence-corrected chi connectivity index (χ0v) is 6.72. The fraction of sp³-hybridized carbons (Fsp3) is 0.333. The summed E-state index contributed by atoms with van der Waals surface area (Å²) in [5.41, 5.74) is -0.586. The maximum absolute atomic E-state index is 10.2. The summed E-state index contributed by atoms with van der Waals surface area (Å²) in [6.07, 6.45) is 0. The van der Waals surface area contributed by atoms with E-state index in [4.69, 9.17) is 10.2 Å². The van der Waals surface area contributed by atoms with Gasteiger partial charge in [-0.05, 0) is 11.2 Å². The van der Waals surface area contributed by atoms with Crippen LogP contribution in [0.3, 0.4) is 0 Å². The summed E-state index contributed by atoms with van der Waals surface area (Å²) >= 11 is 1.15. The van der Waals surface area contributed by atoms with Gasteiger partial charge in [0, 0.05) is 0 Å². The Kier molecular flexibility index (Phi) is 4.36. The number of hydrogen-bond acceptors (Lipinski definition) is 3. The van der Waals surface area contributed by atoms with Crippen molar-refractivity contribution in [1.29, 1.82) is 0 Å². The zero-order valence-electron chi connectivity index (χ0n) is 5.90. The molecular formula is C6H8O4S. The number of carboxylic acids is 2. The van der Waals surface area contributed by atoms with E-state index in [9.17, 15) is 9.59 Å². The van der Waals surface area contributed by atoms with Gasteiger partial charge in [-0.15, -0.1) is 11.8 Å². The van der Waals surface area contributed by atoms with Gasteiger partial charge in [0.25, 0.3) is 0 Å². The molecule has 0 aromatic rings. The molecule has 11 heavy (non-hydrogen) atoms. The van der Waals surface area contributed by atoms with E-state index in [1.165, 1.54) is 0 Å². The lowest BCUT2D eigenvalue weighted by Gasteiger charge is -1.92. The van der Waals surface area contributed by atoms with E-state index in [0.29, 0.717) is 5.75 Å². The van der Waals surface area contributed by atoms with Crippen LogP contribution in [-0.4, -0.2) is 27.9 Å². The number of hydrogen-bond donors (Lipinski definition) is 2. The maximum Gasteiger partial charge on any atom is 0.343 e. The minimum absolute atomic E-state index is 0.586. The van der Waals surface area contributed by atoms with E-state index in [2.05, 4.69) is 0 Å². The average Bonchev–Trinajstić information content (AvgIpc) is 1.87. The van der Waals surface area contributed by atoms with Crippen LogP contribution in [0.4, 0.5) is 0 Å². The van der Waals surface area contributed by atoms with Crippen molar-refractivity contribution in [3.63, 3.8) is 0 Å². The monoisotopic (exact) mass is 176 g/mol. The first-order valence-electron chi connectivity index (χ1n) is 2.88. The van der Waals surface area contributed by atoms with Crippen molar-refractivity contribution in [3.8, 4) is 0 Å². The van der Waals surface area contributed by atoms with Crippen LogP contribution in [0.2, 0.25) is 0 Å². The van der Waals surface area contributed by atoms with Gasteiger partial charge in [-0.1, -0.05) is 6.92 Å². The number of aliphatic carboxylic acids is 2. The lowest BCUT2D eigenvalue weighted by Crippen LogP contribution is -2.10. The van der Waals surface area contributed by atoms with Crippen LogP contribution in [0.1, 0.15) is 6.92 Å². The highest BCUT2D eigenvalue weighted by molar-refractivity contribution is 8.02. The second-order valence-corrected chi connectivity index (χ2v) is 2.74. The van der Waals surface area contributed by atoms with Gasteiger partial charge in [0.15, 0.2) is 5.57 Å². The van der Waals surface area contributed by atoms with E-state index in [1.54, 1.807) is 0 Å². The molecule has 0 rings (SSSR count). The Balaban J connectivity index is 4.33. The molecule has 0 amide bonds. The summed E-state index contributed by atoms with van der Waals surface area (Å²) in [5.74, 6) is -2.15. The molecule has 0 fully saturated rings. The molecule has 0 unspecified atom stereocenters. The number of carbonyl (C=O) groups is 2. The Labute approximate surface area is 67.9 Å². The van der Waals surface area contributed by atoms with Gasteiger partial charge in [0.1, 0.15) is 0 Å². The summed E-state index contributed by atoms with van der Waals surface area (Å²) in [6.45, 7) is 1.81. The predicted octanol–water partition coefficient (Wildman–Crippen LogP) is 0.793. The standard InChI is InChI=1S/C6H8O4S/c1-2-11-3-4(5(7)8)6(9)10/h3H,2H2,1H3,(H,7,8)(H,9,10). The van der Waals surface area contributed by atoms with E-state index >= 15 is 0 Å². The minimum Gasteiger partial charge on any atom is -0.477 e. The molecule has 0 atom stereocenters. The van der Waals surface area contributed by atoms with Gasteiger partial charge in [-0.25, -0.2) is 9.59 Å². The van der Waals surface area contributed by atoms with Crippen LogP contribution in [0.15, 0.2) is 11.0 Å². The first kappa shape index (κ1) is 10.0. The lowest BCUT2D eigenvalue weighted by atomic mass is 10.3. The molecule has 5 heteroatoms. The second kappa shape index (κ2) is 4.79. The first-order chi connectivity index (χ1) is 5.09. The van der Waals surface area contributed by atoms with Gasteiger partial charge < -0.3 is 10.2 Å². The van der Waals surface area contributed by atoms with Crippen molar-refractivity contribution in [2.75, 3.05) is 5.75 Å². The Hall–Kier alpha value is -0.970. The molecule has 0 radical (unpaired) electrons. The Morgan fingerprint density at radius 1 is 1.36 bits per heavy atom. The second-order valence-electron chi connectivity index (χ2n) is 1.60. The van der Waals surface area contributed by atoms with Gasteiger partial charge >= 0.3 is 11.9 Å².